The van der Waals surface area contributed by atoms with E-state index in [1.54, 1.807) is 17.9 Å². The topological polar surface area (TPSA) is 89.5 Å². The number of nitro benzene ring substituents is 1. The van der Waals surface area contributed by atoms with E-state index in [0.29, 0.717) is 17.7 Å². The number of carbonyl (C=O) groups excluding carboxylic acids is 1. The number of hydrogen-bond donors (Lipinski definition) is 1. The monoisotopic (exact) mass is 263 g/mol. The molecule has 2 atom stereocenters. The molecular weight excluding hydrogens is 246 g/mol. The van der Waals surface area contributed by atoms with E-state index < -0.39 is 4.92 Å². The molecule has 2 rings (SSSR count). The summed E-state index contributed by atoms with van der Waals surface area (Å²) in [6.07, 6.45) is 0.765. The molecule has 0 bridgehead atoms. The van der Waals surface area contributed by atoms with Gasteiger partial charge in [-0.05, 0) is 31.9 Å². The van der Waals surface area contributed by atoms with Gasteiger partial charge in [0, 0.05) is 36.3 Å². The van der Waals surface area contributed by atoms with Crippen LogP contribution in [0.5, 0.6) is 0 Å². The van der Waals surface area contributed by atoms with Crippen LogP contribution in [0, 0.1) is 17.0 Å². The Morgan fingerprint density at radius 2 is 2.16 bits per heavy atom. The van der Waals surface area contributed by atoms with Crippen LogP contribution < -0.4 is 5.73 Å². The number of benzene rings is 1. The molecule has 1 aliphatic rings. The first kappa shape index (κ1) is 13.5. The van der Waals surface area contributed by atoms with Crippen LogP contribution in [0.1, 0.15) is 29.3 Å². The van der Waals surface area contributed by atoms with Gasteiger partial charge in [-0.3, -0.25) is 14.9 Å². The zero-order valence-corrected chi connectivity index (χ0v) is 11.0. The Morgan fingerprint density at radius 3 is 2.68 bits per heavy atom. The molecule has 2 N–H and O–H groups in total. The highest BCUT2D eigenvalue weighted by atomic mass is 16.6. The van der Waals surface area contributed by atoms with E-state index in [2.05, 4.69) is 0 Å². The minimum Gasteiger partial charge on any atom is -0.334 e. The van der Waals surface area contributed by atoms with Crippen LogP contribution in [0.3, 0.4) is 0 Å². The number of nitro groups is 1. The van der Waals surface area contributed by atoms with E-state index in [9.17, 15) is 14.9 Å². The van der Waals surface area contributed by atoms with Crippen molar-refractivity contribution in [1.82, 2.24) is 4.90 Å². The smallest absolute Gasteiger partial charge is 0.270 e. The number of nitrogens with zero attached hydrogens (tertiary/aromatic N) is 2. The number of aryl methyl sites for hydroxylation is 1. The zero-order valence-electron chi connectivity index (χ0n) is 11.0. The molecule has 1 aliphatic heterocycles. The Labute approximate surface area is 111 Å². The number of rotatable bonds is 2. The van der Waals surface area contributed by atoms with Crippen LogP contribution in [0.4, 0.5) is 5.69 Å². The van der Waals surface area contributed by atoms with Crippen LogP contribution in [0.2, 0.25) is 0 Å². The number of likely N-dealkylation sites (tertiary alicyclic amines) is 1. The highest BCUT2D eigenvalue weighted by Gasteiger charge is 2.32. The van der Waals surface area contributed by atoms with E-state index >= 15 is 0 Å². The summed E-state index contributed by atoms with van der Waals surface area (Å²) in [5.74, 6) is -0.188. The van der Waals surface area contributed by atoms with Crippen molar-refractivity contribution < 1.29 is 9.72 Å². The number of amides is 1. The number of hydrogen-bond acceptors (Lipinski definition) is 4. The summed E-state index contributed by atoms with van der Waals surface area (Å²) >= 11 is 0. The Balaban J connectivity index is 2.31. The third kappa shape index (κ3) is 2.58. The van der Waals surface area contributed by atoms with Gasteiger partial charge in [0.05, 0.1) is 4.92 Å². The van der Waals surface area contributed by atoms with Gasteiger partial charge in [-0.25, -0.2) is 0 Å². The molecule has 0 aliphatic carbocycles. The highest BCUT2D eigenvalue weighted by Crippen LogP contribution is 2.22. The second-order valence-corrected chi connectivity index (χ2v) is 5.01. The molecule has 6 nitrogen and oxygen atoms in total. The molecular formula is C13H17N3O3. The Kier molecular flexibility index (Phi) is 3.53. The van der Waals surface area contributed by atoms with Crippen LogP contribution in [0.15, 0.2) is 18.2 Å². The summed E-state index contributed by atoms with van der Waals surface area (Å²) in [5.41, 5.74) is 6.89. The van der Waals surface area contributed by atoms with Crippen LogP contribution in [-0.2, 0) is 0 Å². The summed E-state index contributed by atoms with van der Waals surface area (Å²) < 4.78 is 0. The Morgan fingerprint density at radius 1 is 1.47 bits per heavy atom. The number of nitrogens with two attached hydrogens (primary N) is 1. The second kappa shape index (κ2) is 4.97. The molecule has 0 aromatic heterocycles. The summed E-state index contributed by atoms with van der Waals surface area (Å²) in [5, 5.41) is 10.8. The fourth-order valence-electron chi connectivity index (χ4n) is 2.41. The number of non-ortho nitro benzene ring substituents is 1. The third-order valence-corrected chi connectivity index (χ3v) is 3.60. The largest absolute Gasteiger partial charge is 0.334 e. The van der Waals surface area contributed by atoms with Crippen molar-refractivity contribution in [2.24, 2.45) is 5.73 Å². The standard InChI is InChI=1S/C13H17N3O3/c1-8-5-10(7-11(6-8)16(18)19)13(17)15-4-3-12(14)9(15)2/h5-7,9,12H,3-4,14H2,1-2H3. The van der Waals surface area contributed by atoms with Crippen molar-refractivity contribution in [3.05, 3.63) is 39.4 Å². The molecule has 1 aromatic rings. The van der Waals surface area contributed by atoms with Crippen molar-refractivity contribution in [2.75, 3.05) is 6.54 Å². The van der Waals surface area contributed by atoms with Gasteiger partial charge < -0.3 is 10.6 Å². The van der Waals surface area contributed by atoms with Gasteiger partial charge in [0.25, 0.3) is 11.6 Å². The first-order chi connectivity index (χ1) is 8.90. The van der Waals surface area contributed by atoms with Gasteiger partial charge in [-0.15, -0.1) is 0 Å². The fourth-order valence-corrected chi connectivity index (χ4v) is 2.41. The molecule has 1 heterocycles. The first-order valence-corrected chi connectivity index (χ1v) is 6.23. The molecule has 1 amide bonds. The maximum Gasteiger partial charge on any atom is 0.270 e. The predicted octanol–water partition coefficient (Wildman–Crippen LogP) is 1.46. The summed E-state index contributed by atoms with van der Waals surface area (Å²) in [4.78, 5) is 24.4. The maximum absolute atomic E-state index is 12.4. The molecule has 2 unspecified atom stereocenters. The molecule has 6 heteroatoms. The molecule has 0 spiro atoms. The molecule has 102 valence electrons. The van der Waals surface area contributed by atoms with Gasteiger partial charge in [-0.1, -0.05) is 0 Å². The van der Waals surface area contributed by atoms with Crippen molar-refractivity contribution in [2.45, 2.75) is 32.4 Å². The van der Waals surface area contributed by atoms with Crippen LogP contribution in [-0.4, -0.2) is 34.4 Å². The quantitative estimate of drug-likeness (QED) is 0.646. The number of carbonyl (C=O) groups is 1. The lowest BCUT2D eigenvalue weighted by atomic mass is 10.1. The molecule has 1 aromatic carbocycles. The highest BCUT2D eigenvalue weighted by molar-refractivity contribution is 5.95. The van der Waals surface area contributed by atoms with Crippen molar-refractivity contribution in [3.63, 3.8) is 0 Å². The van der Waals surface area contributed by atoms with Gasteiger partial charge in [0.1, 0.15) is 0 Å². The normalized spacial score (nSPS) is 22.6. The van der Waals surface area contributed by atoms with E-state index in [4.69, 9.17) is 5.73 Å². The van der Waals surface area contributed by atoms with Crippen molar-refractivity contribution in [1.29, 1.82) is 0 Å². The summed E-state index contributed by atoms with van der Waals surface area (Å²) in [6, 6.07) is 4.39. The third-order valence-electron chi connectivity index (χ3n) is 3.60. The predicted molar refractivity (Wildman–Crippen MR) is 70.9 cm³/mol. The SMILES string of the molecule is Cc1cc(C(=O)N2CCC(N)C2C)cc([N+](=O)[O-])c1. The van der Waals surface area contributed by atoms with Gasteiger partial charge in [0.15, 0.2) is 0 Å². The minimum atomic E-state index is -0.483. The average molecular weight is 263 g/mol. The van der Waals surface area contributed by atoms with Crippen molar-refractivity contribution in [3.8, 4) is 0 Å². The lowest BCUT2D eigenvalue weighted by Crippen LogP contribution is -2.40. The van der Waals surface area contributed by atoms with Crippen LogP contribution >= 0.6 is 0 Å². The lowest BCUT2D eigenvalue weighted by Gasteiger charge is -2.23. The maximum atomic E-state index is 12.4. The van der Waals surface area contributed by atoms with E-state index in [1.807, 2.05) is 6.92 Å². The van der Waals surface area contributed by atoms with E-state index in [1.165, 1.54) is 12.1 Å². The van der Waals surface area contributed by atoms with Gasteiger partial charge in [0.2, 0.25) is 0 Å². The Hall–Kier alpha value is -1.95. The van der Waals surface area contributed by atoms with Crippen LogP contribution in [0.25, 0.3) is 0 Å². The minimum absolute atomic E-state index is 0.0243. The zero-order chi connectivity index (χ0) is 14.2. The second-order valence-electron chi connectivity index (χ2n) is 5.01. The van der Waals surface area contributed by atoms with Crippen molar-refractivity contribution >= 4 is 11.6 Å². The molecule has 0 saturated carbocycles. The van der Waals surface area contributed by atoms with Gasteiger partial charge in [-0.2, -0.15) is 0 Å². The van der Waals surface area contributed by atoms with Gasteiger partial charge >= 0.3 is 0 Å². The molecule has 19 heavy (non-hydrogen) atoms. The average Bonchev–Trinajstić information content (AvgIpc) is 2.68. The Bertz CT molecular complexity index is 530. The first-order valence-electron chi connectivity index (χ1n) is 6.23. The fraction of sp³-hybridized carbons (Fsp3) is 0.462. The van der Waals surface area contributed by atoms with E-state index in [-0.39, 0.29) is 23.7 Å². The lowest BCUT2D eigenvalue weighted by molar-refractivity contribution is -0.384. The molecule has 1 saturated heterocycles. The summed E-state index contributed by atoms with van der Waals surface area (Å²) in [6.45, 7) is 4.24. The molecule has 1 fully saturated rings. The molecule has 0 radical (unpaired) electrons. The van der Waals surface area contributed by atoms with E-state index in [0.717, 1.165) is 6.42 Å². The summed E-state index contributed by atoms with van der Waals surface area (Å²) in [7, 11) is 0.